The average molecular weight is 677 g/mol. The lowest BCUT2D eigenvalue weighted by Crippen LogP contribution is -2.26. The zero-order chi connectivity index (χ0) is 35.7. The number of unbranched alkanes of at least 4 members (excludes halogenated alkanes) is 10. The molecule has 0 saturated carbocycles. The highest BCUT2D eigenvalue weighted by Gasteiger charge is 2.15. The Morgan fingerprint density at radius 1 is 0.583 bits per heavy atom. The van der Waals surface area contributed by atoms with Crippen LogP contribution in [-0.2, 0) is 19.1 Å². The fourth-order valence-electron chi connectivity index (χ4n) is 4.85. The van der Waals surface area contributed by atoms with Crippen LogP contribution < -0.4 is 0 Å². The van der Waals surface area contributed by atoms with Gasteiger partial charge in [0.1, 0.15) is 19.3 Å². The molecule has 0 rings (SSSR count). The average Bonchev–Trinajstić information content (AvgIpc) is 3.05. The van der Waals surface area contributed by atoms with Crippen molar-refractivity contribution in [2.75, 3.05) is 13.2 Å². The molecule has 0 aromatic carbocycles. The van der Waals surface area contributed by atoms with Crippen molar-refractivity contribution in [3.63, 3.8) is 0 Å². The second-order valence-electron chi connectivity index (χ2n) is 13.0. The van der Waals surface area contributed by atoms with Crippen LogP contribution >= 0.6 is 0 Å². The van der Waals surface area contributed by atoms with Crippen molar-refractivity contribution >= 4 is 11.9 Å². The molecule has 0 amide bonds. The Morgan fingerprint density at radius 3 is 1.60 bits per heavy atom. The third-order valence-corrected chi connectivity index (χ3v) is 7.79. The molecule has 4 atom stereocenters. The summed E-state index contributed by atoms with van der Waals surface area (Å²) >= 11 is 0. The molecule has 4 N–H and O–H groups in total. The van der Waals surface area contributed by atoms with Crippen LogP contribution in [0.3, 0.4) is 0 Å². The van der Waals surface area contributed by atoms with Crippen LogP contribution in [0, 0.1) is 5.92 Å². The van der Waals surface area contributed by atoms with E-state index in [0.717, 1.165) is 31.6 Å². The highest BCUT2D eigenvalue weighted by molar-refractivity contribution is 5.69. The monoisotopic (exact) mass is 676 g/mol. The lowest BCUT2D eigenvalue weighted by molar-refractivity contribution is -0.152. The first kappa shape index (κ1) is 45.5. The number of rotatable bonds is 31. The van der Waals surface area contributed by atoms with Crippen molar-refractivity contribution in [2.24, 2.45) is 5.92 Å². The molecule has 0 bridgehead atoms. The van der Waals surface area contributed by atoms with Crippen LogP contribution in [-0.4, -0.2) is 70.0 Å². The van der Waals surface area contributed by atoms with Crippen molar-refractivity contribution in [3.05, 3.63) is 60.8 Å². The lowest BCUT2D eigenvalue weighted by atomic mass is 10.0. The molecule has 276 valence electrons. The van der Waals surface area contributed by atoms with E-state index in [9.17, 15) is 30.0 Å². The molecule has 0 saturated heterocycles. The smallest absolute Gasteiger partial charge is 0.305 e. The molecule has 0 spiro atoms. The van der Waals surface area contributed by atoms with E-state index in [1.165, 1.54) is 63.9 Å². The van der Waals surface area contributed by atoms with E-state index in [0.29, 0.717) is 19.3 Å². The second kappa shape index (κ2) is 33.0. The van der Waals surface area contributed by atoms with Crippen LogP contribution in [0.25, 0.3) is 0 Å². The maximum absolute atomic E-state index is 12.0. The Bertz CT molecular complexity index is 920. The van der Waals surface area contributed by atoms with Gasteiger partial charge in [0.25, 0.3) is 0 Å². The van der Waals surface area contributed by atoms with Gasteiger partial charge in [-0.25, -0.2) is 0 Å². The molecule has 0 aromatic heterocycles. The fourth-order valence-corrected chi connectivity index (χ4v) is 4.85. The van der Waals surface area contributed by atoms with Gasteiger partial charge in [-0.05, 0) is 38.0 Å². The number of esters is 2. The minimum atomic E-state index is -1.09. The van der Waals surface area contributed by atoms with Gasteiger partial charge in [0, 0.05) is 12.8 Å². The molecule has 8 heteroatoms. The quantitative estimate of drug-likeness (QED) is 0.0251. The Kier molecular flexibility index (Phi) is 31.3. The fraction of sp³-hybridized carbons (Fsp3) is 0.700. The Labute approximate surface area is 291 Å². The predicted molar refractivity (Wildman–Crippen MR) is 195 cm³/mol. The van der Waals surface area contributed by atoms with Crippen molar-refractivity contribution in [3.8, 4) is 0 Å². The molecule has 0 radical (unpaired) electrons. The van der Waals surface area contributed by atoms with Crippen LogP contribution in [0.5, 0.6) is 0 Å². The van der Waals surface area contributed by atoms with Crippen molar-refractivity contribution in [2.45, 2.75) is 161 Å². The molecule has 0 aliphatic carbocycles. The highest BCUT2D eigenvalue weighted by Crippen LogP contribution is 2.14. The molecular weight excluding hydrogens is 608 g/mol. The number of hydrogen-bond donors (Lipinski definition) is 4. The highest BCUT2D eigenvalue weighted by atomic mass is 16.6. The van der Waals surface area contributed by atoms with Gasteiger partial charge in [-0.1, -0.05) is 152 Å². The maximum atomic E-state index is 12.0. The predicted octanol–water partition coefficient (Wildman–Crippen LogP) is 8.00. The summed E-state index contributed by atoms with van der Waals surface area (Å²) in [6, 6.07) is 0. The van der Waals surface area contributed by atoms with E-state index < -0.39 is 30.4 Å². The number of allylic oxidation sites excluding steroid dienone is 7. The van der Waals surface area contributed by atoms with Gasteiger partial charge in [0.05, 0.1) is 18.3 Å². The van der Waals surface area contributed by atoms with E-state index in [4.69, 9.17) is 9.47 Å². The third-order valence-electron chi connectivity index (χ3n) is 7.79. The topological polar surface area (TPSA) is 134 Å². The molecule has 8 nitrogen and oxygen atoms in total. The molecule has 0 fully saturated rings. The number of aliphatic hydroxyl groups is 4. The van der Waals surface area contributed by atoms with Crippen LogP contribution in [0.2, 0.25) is 0 Å². The summed E-state index contributed by atoms with van der Waals surface area (Å²) in [5, 5.41) is 40.0. The number of carbonyl (C=O) groups is 2. The summed E-state index contributed by atoms with van der Waals surface area (Å²) in [4.78, 5) is 23.9. The molecular formula is C40H68O8. The van der Waals surface area contributed by atoms with Gasteiger partial charge < -0.3 is 29.9 Å². The Hall–Kier alpha value is -2.52. The van der Waals surface area contributed by atoms with Gasteiger partial charge in [0.2, 0.25) is 0 Å². The first-order chi connectivity index (χ1) is 23.1. The normalized spacial score (nSPS) is 15.0. The SMILES string of the molecule is CC/C=C\C[C@@H](O)/C=C/C=C/C=C\C=C/[C@H](O)[C@@H](O)CCCC(=O)OC[C@@H](O)COC(=O)CCCCCCCCCCCCCC(C)C. The van der Waals surface area contributed by atoms with Crippen molar-refractivity contribution < 1.29 is 39.5 Å². The summed E-state index contributed by atoms with van der Waals surface area (Å²) in [5.41, 5.74) is 0. The standard InChI is InChI=1S/C40H68O8/c1-4-5-19-26-35(41)27-21-16-13-14-17-22-28-37(43)38(44)29-24-31-40(46)48-33-36(42)32-47-39(45)30-23-18-12-10-8-6-7-9-11-15-20-25-34(2)3/h5,13-14,16-17,19,21-22,27-28,34-38,41-44H,4,6-12,15,18,20,23-26,29-33H2,1-3H3/b16-13+,17-14-,19-5-,27-21+,28-22-/t35-,36+,37+,38+/m1/s1. The van der Waals surface area contributed by atoms with E-state index in [1.54, 1.807) is 42.5 Å². The van der Waals surface area contributed by atoms with Gasteiger partial charge >= 0.3 is 11.9 Å². The van der Waals surface area contributed by atoms with Gasteiger partial charge in [0.15, 0.2) is 0 Å². The Morgan fingerprint density at radius 2 is 1.06 bits per heavy atom. The van der Waals surface area contributed by atoms with Crippen LogP contribution in [0.4, 0.5) is 0 Å². The van der Waals surface area contributed by atoms with Crippen LogP contribution in [0.1, 0.15) is 136 Å². The van der Waals surface area contributed by atoms with Crippen molar-refractivity contribution in [1.29, 1.82) is 0 Å². The largest absolute Gasteiger partial charge is 0.463 e. The van der Waals surface area contributed by atoms with Gasteiger partial charge in [-0.3, -0.25) is 9.59 Å². The number of ether oxygens (including phenoxy) is 2. The number of hydrogen-bond acceptors (Lipinski definition) is 8. The summed E-state index contributed by atoms with van der Waals surface area (Å²) in [6.45, 7) is 6.12. The molecule has 0 aromatic rings. The minimum Gasteiger partial charge on any atom is -0.463 e. The van der Waals surface area contributed by atoms with E-state index in [2.05, 4.69) is 13.8 Å². The van der Waals surface area contributed by atoms with E-state index in [1.807, 2.05) is 19.1 Å². The second-order valence-corrected chi connectivity index (χ2v) is 13.0. The van der Waals surface area contributed by atoms with Gasteiger partial charge in [-0.2, -0.15) is 0 Å². The van der Waals surface area contributed by atoms with Crippen LogP contribution in [0.15, 0.2) is 60.8 Å². The zero-order valence-electron chi connectivity index (χ0n) is 30.2. The molecule has 0 heterocycles. The zero-order valence-corrected chi connectivity index (χ0v) is 30.2. The minimum absolute atomic E-state index is 0.0280. The molecule has 0 aliphatic rings. The van der Waals surface area contributed by atoms with E-state index in [-0.39, 0.29) is 32.0 Å². The molecule has 48 heavy (non-hydrogen) atoms. The molecule has 0 aliphatic heterocycles. The first-order valence-electron chi connectivity index (χ1n) is 18.5. The maximum Gasteiger partial charge on any atom is 0.305 e. The third kappa shape index (κ3) is 32.0. The summed E-state index contributed by atoms with van der Waals surface area (Å²) < 4.78 is 10.1. The van der Waals surface area contributed by atoms with E-state index >= 15 is 0 Å². The first-order valence-corrected chi connectivity index (χ1v) is 18.5. The lowest BCUT2D eigenvalue weighted by Gasteiger charge is -2.14. The number of aliphatic hydroxyl groups excluding tert-OH is 4. The summed E-state index contributed by atoms with van der Waals surface area (Å²) in [6.07, 6.45) is 30.9. The Balaban J connectivity index is 3.82. The summed E-state index contributed by atoms with van der Waals surface area (Å²) in [5.74, 6) is -0.0752. The molecule has 0 unspecified atom stereocenters. The van der Waals surface area contributed by atoms with Crippen molar-refractivity contribution in [1.82, 2.24) is 0 Å². The summed E-state index contributed by atoms with van der Waals surface area (Å²) in [7, 11) is 0. The van der Waals surface area contributed by atoms with Gasteiger partial charge in [-0.15, -0.1) is 0 Å². The number of carbonyl (C=O) groups excluding carboxylic acids is 2.